The number of rotatable bonds is 2. The molecule has 5 rings (SSSR count). The van der Waals surface area contributed by atoms with Crippen LogP contribution in [0.4, 0.5) is 5.69 Å². The SMILES string of the molecule is C[C@@H]1CN(c2ccc3cc(-c4cn5cc(Cl)cnc5n4)c(=O)oc3c2)C[C@H](C)N1. The van der Waals surface area contributed by atoms with Gasteiger partial charge in [-0.15, -0.1) is 0 Å². The van der Waals surface area contributed by atoms with E-state index in [1.807, 2.05) is 18.2 Å². The zero-order valence-electron chi connectivity index (χ0n) is 16.1. The molecule has 1 aliphatic rings. The molecule has 0 saturated carbocycles. The van der Waals surface area contributed by atoms with Crippen molar-refractivity contribution in [3.05, 3.63) is 58.3 Å². The van der Waals surface area contributed by atoms with Crippen molar-refractivity contribution in [1.29, 1.82) is 0 Å². The van der Waals surface area contributed by atoms with Gasteiger partial charge in [0, 0.05) is 54.7 Å². The summed E-state index contributed by atoms with van der Waals surface area (Å²) in [6, 6.07) is 8.62. The first-order valence-electron chi connectivity index (χ1n) is 9.56. The number of imidazole rings is 1. The van der Waals surface area contributed by atoms with Crippen LogP contribution in [0.15, 0.2) is 52.1 Å². The molecule has 4 heterocycles. The lowest BCUT2D eigenvalue weighted by Gasteiger charge is -2.37. The van der Waals surface area contributed by atoms with Gasteiger partial charge in [-0.1, -0.05) is 11.6 Å². The Morgan fingerprint density at radius 3 is 2.76 bits per heavy atom. The van der Waals surface area contributed by atoms with Crippen LogP contribution in [0.1, 0.15) is 13.8 Å². The van der Waals surface area contributed by atoms with Crippen molar-refractivity contribution in [3.8, 4) is 11.3 Å². The van der Waals surface area contributed by atoms with E-state index >= 15 is 0 Å². The van der Waals surface area contributed by atoms with E-state index in [4.69, 9.17) is 16.0 Å². The number of benzene rings is 1. The summed E-state index contributed by atoms with van der Waals surface area (Å²) in [6.07, 6.45) is 4.95. The number of piperazine rings is 1. The Kier molecular flexibility index (Phi) is 4.29. The van der Waals surface area contributed by atoms with Crippen molar-refractivity contribution < 1.29 is 4.42 Å². The lowest BCUT2D eigenvalue weighted by atomic mass is 10.1. The first-order chi connectivity index (χ1) is 14.0. The molecule has 2 atom stereocenters. The van der Waals surface area contributed by atoms with Crippen LogP contribution in [-0.2, 0) is 0 Å². The zero-order valence-corrected chi connectivity index (χ0v) is 16.8. The van der Waals surface area contributed by atoms with E-state index in [1.54, 1.807) is 16.8 Å². The van der Waals surface area contributed by atoms with Crippen LogP contribution >= 0.6 is 11.6 Å². The van der Waals surface area contributed by atoms with E-state index in [9.17, 15) is 4.79 Å². The van der Waals surface area contributed by atoms with Crippen LogP contribution in [-0.4, -0.2) is 39.5 Å². The van der Waals surface area contributed by atoms with Crippen LogP contribution in [0.3, 0.4) is 0 Å². The van der Waals surface area contributed by atoms with Gasteiger partial charge >= 0.3 is 5.63 Å². The number of anilines is 1. The second-order valence-electron chi connectivity index (χ2n) is 7.65. The van der Waals surface area contributed by atoms with E-state index in [2.05, 4.69) is 40.1 Å². The molecule has 0 amide bonds. The molecule has 1 N–H and O–H groups in total. The molecule has 7 nitrogen and oxygen atoms in total. The second kappa shape index (κ2) is 6.86. The van der Waals surface area contributed by atoms with Crippen LogP contribution in [0.2, 0.25) is 5.02 Å². The van der Waals surface area contributed by atoms with E-state index in [-0.39, 0.29) is 0 Å². The summed E-state index contributed by atoms with van der Waals surface area (Å²) in [5, 5.41) is 4.87. The summed E-state index contributed by atoms with van der Waals surface area (Å²) < 4.78 is 7.35. The van der Waals surface area contributed by atoms with E-state index in [0.717, 1.165) is 24.2 Å². The van der Waals surface area contributed by atoms with Crippen LogP contribution in [0, 0.1) is 0 Å². The Labute approximate surface area is 171 Å². The molecule has 1 fully saturated rings. The average molecular weight is 410 g/mol. The molecule has 0 radical (unpaired) electrons. The molecule has 148 valence electrons. The quantitative estimate of drug-likeness (QED) is 0.512. The Bertz CT molecular complexity index is 1270. The molecule has 1 aliphatic heterocycles. The molecule has 0 unspecified atom stereocenters. The monoisotopic (exact) mass is 409 g/mol. The summed E-state index contributed by atoms with van der Waals surface area (Å²) in [4.78, 5) is 23.6. The van der Waals surface area contributed by atoms with Crippen molar-refractivity contribution in [3.63, 3.8) is 0 Å². The lowest BCUT2D eigenvalue weighted by Crippen LogP contribution is -2.54. The molecule has 0 bridgehead atoms. The lowest BCUT2D eigenvalue weighted by molar-refractivity contribution is 0.407. The normalized spacial score (nSPS) is 19.9. The van der Waals surface area contributed by atoms with Gasteiger partial charge < -0.3 is 14.6 Å². The minimum Gasteiger partial charge on any atom is -0.422 e. The highest BCUT2D eigenvalue weighted by Crippen LogP contribution is 2.26. The molecule has 0 spiro atoms. The minimum atomic E-state index is -0.425. The summed E-state index contributed by atoms with van der Waals surface area (Å²) in [7, 11) is 0. The van der Waals surface area contributed by atoms with Gasteiger partial charge in [0.25, 0.3) is 0 Å². The van der Waals surface area contributed by atoms with Crippen molar-refractivity contribution in [2.45, 2.75) is 25.9 Å². The standard InChI is InChI=1S/C21H20ClN5O2/c1-12-8-26(9-13(2)24-12)16-4-3-14-5-17(20(28)29-19(14)6-16)18-11-27-10-15(22)7-23-21(27)25-18/h3-7,10-13,24H,8-9H2,1-2H3/t12-,13+. The summed E-state index contributed by atoms with van der Waals surface area (Å²) in [6.45, 7) is 6.17. The van der Waals surface area contributed by atoms with Crippen LogP contribution < -0.4 is 15.8 Å². The Balaban J connectivity index is 1.55. The maximum absolute atomic E-state index is 12.7. The van der Waals surface area contributed by atoms with Gasteiger partial charge in [0.15, 0.2) is 0 Å². The average Bonchev–Trinajstić information content (AvgIpc) is 3.09. The van der Waals surface area contributed by atoms with Crippen molar-refractivity contribution in [2.24, 2.45) is 0 Å². The number of nitrogens with zero attached hydrogens (tertiary/aromatic N) is 4. The maximum atomic E-state index is 12.7. The summed E-state index contributed by atoms with van der Waals surface area (Å²) in [5.74, 6) is 0.473. The van der Waals surface area contributed by atoms with E-state index in [0.29, 0.717) is 39.7 Å². The van der Waals surface area contributed by atoms with Crippen molar-refractivity contribution in [2.75, 3.05) is 18.0 Å². The smallest absolute Gasteiger partial charge is 0.345 e. The highest BCUT2D eigenvalue weighted by atomic mass is 35.5. The van der Waals surface area contributed by atoms with Gasteiger partial charge in [-0.3, -0.25) is 4.40 Å². The minimum absolute atomic E-state index is 0.399. The Morgan fingerprint density at radius 2 is 1.97 bits per heavy atom. The van der Waals surface area contributed by atoms with Gasteiger partial charge in [-0.25, -0.2) is 14.8 Å². The Morgan fingerprint density at radius 1 is 1.17 bits per heavy atom. The molecular weight excluding hydrogens is 390 g/mol. The van der Waals surface area contributed by atoms with Crippen molar-refractivity contribution in [1.82, 2.24) is 19.7 Å². The van der Waals surface area contributed by atoms with Gasteiger partial charge in [0.05, 0.1) is 22.5 Å². The van der Waals surface area contributed by atoms with Crippen LogP contribution in [0.25, 0.3) is 28.0 Å². The van der Waals surface area contributed by atoms with Gasteiger partial charge in [-0.2, -0.15) is 0 Å². The maximum Gasteiger partial charge on any atom is 0.345 e. The predicted octanol–water partition coefficient (Wildman–Crippen LogP) is 3.34. The fourth-order valence-corrected chi connectivity index (χ4v) is 4.16. The van der Waals surface area contributed by atoms with Crippen LogP contribution in [0.5, 0.6) is 0 Å². The molecule has 29 heavy (non-hydrogen) atoms. The summed E-state index contributed by atoms with van der Waals surface area (Å²) in [5.41, 5.74) is 2.10. The molecule has 0 aliphatic carbocycles. The van der Waals surface area contributed by atoms with E-state index < -0.39 is 5.63 Å². The number of fused-ring (bicyclic) bond motifs is 2. The second-order valence-corrected chi connectivity index (χ2v) is 8.09. The predicted molar refractivity (Wildman–Crippen MR) is 114 cm³/mol. The molecule has 1 saturated heterocycles. The number of halogens is 1. The first kappa shape index (κ1) is 18.1. The third kappa shape index (κ3) is 3.36. The molecule has 3 aromatic heterocycles. The molecule has 8 heteroatoms. The third-order valence-corrected chi connectivity index (χ3v) is 5.39. The number of hydrogen-bond acceptors (Lipinski definition) is 6. The number of aromatic nitrogens is 3. The largest absolute Gasteiger partial charge is 0.422 e. The van der Waals surface area contributed by atoms with Crippen molar-refractivity contribution >= 4 is 34.0 Å². The fraction of sp³-hybridized carbons (Fsp3) is 0.286. The first-order valence-corrected chi connectivity index (χ1v) is 9.93. The number of nitrogens with one attached hydrogen (secondary N) is 1. The molecular formula is C21H20ClN5O2. The fourth-order valence-electron chi connectivity index (χ4n) is 4.00. The molecule has 4 aromatic rings. The highest BCUT2D eigenvalue weighted by Gasteiger charge is 2.21. The highest BCUT2D eigenvalue weighted by molar-refractivity contribution is 6.30. The topological polar surface area (TPSA) is 75.7 Å². The van der Waals surface area contributed by atoms with E-state index in [1.165, 1.54) is 6.20 Å². The number of hydrogen-bond donors (Lipinski definition) is 1. The zero-order chi connectivity index (χ0) is 20.1. The Hall–Kier alpha value is -2.90. The molecule has 1 aromatic carbocycles. The summed E-state index contributed by atoms with van der Waals surface area (Å²) >= 11 is 5.98. The van der Waals surface area contributed by atoms with Gasteiger partial charge in [-0.05, 0) is 32.0 Å². The third-order valence-electron chi connectivity index (χ3n) is 5.20. The van der Waals surface area contributed by atoms with Gasteiger partial charge in [0.2, 0.25) is 5.78 Å². The van der Waals surface area contributed by atoms with Gasteiger partial charge in [0.1, 0.15) is 5.58 Å².